The molecule has 4 aromatic rings. The lowest BCUT2D eigenvalue weighted by molar-refractivity contribution is 0.102. The topological polar surface area (TPSA) is 45.2 Å². The summed E-state index contributed by atoms with van der Waals surface area (Å²) in [5, 5.41) is 4.10. The fraction of sp³-hybridized carbons (Fsp3) is 0.214. The Bertz CT molecular complexity index is 1230. The third-order valence-electron chi connectivity index (χ3n) is 6.16. The van der Waals surface area contributed by atoms with Crippen molar-refractivity contribution in [3.8, 4) is 11.1 Å². The van der Waals surface area contributed by atoms with Gasteiger partial charge in [-0.05, 0) is 73.0 Å². The summed E-state index contributed by atoms with van der Waals surface area (Å²) in [4.78, 5) is 20.0. The maximum atomic E-state index is 13.1. The first-order chi connectivity index (χ1) is 15.8. The maximum absolute atomic E-state index is 13.1. The van der Waals surface area contributed by atoms with Gasteiger partial charge < -0.3 is 5.32 Å². The van der Waals surface area contributed by atoms with Crippen LogP contribution in [0.4, 0.5) is 5.69 Å². The number of likely N-dealkylation sites (tertiary alicyclic amines) is 1. The summed E-state index contributed by atoms with van der Waals surface area (Å²) in [7, 11) is 0. The summed E-state index contributed by atoms with van der Waals surface area (Å²) in [5.74, 6) is -0.0974. The third kappa shape index (κ3) is 4.56. The van der Waals surface area contributed by atoms with Gasteiger partial charge in [0.2, 0.25) is 0 Å². The maximum Gasteiger partial charge on any atom is 0.255 e. The number of hydrogen-bond donors (Lipinski definition) is 1. The van der Waals surface area contributed by atoms with E-state index in [2.05, 4.69) is 51.6 Å². The molecule has 5 rings (SSSR count). The predicted octanol–water partition coefficient (Wildman–Crippen LogP) is 6.14. The second kappa shape index (κ2) is 9.33. The minimum atomic E-state index is -0.0974. The van der Waals surface area contributed by atoms with Gasteiger partial charge in [-0.3, -0.25) is 14.7 Å². The molecule has 0 radical (unpaired) electrons. The minimum absolute atomic E-state index is 0.0974. The summed E-state index contributed by atoms with van der Waals surface area (Å²) in [5.41, 5.74) is 5.89. The van der Waals surface area contributed by atoms with Crippen molar-refractivity contribution in [3.05, 3.63) is 96.2 Å². The molecule has 0 unspecified atom stereocenters. The molecule has 1 saturated heterocycles. The first-order valence-electron chi connectivity index (χ1n) is 11.3. The summed E-state index contributed by atoms with van der Waals surface area (Å²) >= 11 is 0. The molecule has 0 atom stereocenters. The second-order valence-corrected chi connectivity index (χ2v) is 8.44. The lowest BCUT2D eigenvalue weighted by Gasteiger charge is -2.27. The molecule has 0 saturated carbocycles. The second-order valence-electron chi connectivity index (χ2n) is 8.44. The number of hydrogen-bond acceptors (Lipinski definition) is 3. The van der Waals surface area contributed by atoms with E-state index in [0.717, 1.165) is 36.2 Å². The number of rotatable bonds is 5. The summed E-state index contributed by atoms with van der Waals surface area (Å²) in [6.07, 6.45) is 5.57. The Balaban J connectivity index is 1.43. The largest absolute Gasteiger partial charge is 0.322 e. The van der Waals surface area contributed by atoms with Crippen molar-refractivity contribution in [1.29, 1.82) is 0 Å². The third-order valence-corrected chi connectivity index (χ3v) is 6.16. The highest BCUT2D eigenvalue weighted by Crippen LogP contribution is 2.27. The summed E-state index contributed by atoms with van der Waals surface area (Å²) in [6, 6.07) is 26.3. The van der Waals surface area contributed by atoms with Crippen molar-refractivity contribution >= 4 is 22.5 Å². The van der Waals surface area contributed by atoms with Gasteiger partial charge in [0, 0.05) is 29.4 Å². The number of pyridine rings is 1. The van der Waals surface area contributed by atoms with Gasteiger partial charge in [0.05, 0.1) is 5.52 Å². The number of anilines is 1. The van der Waals surface area contributed by atoms with Crippen LogP contribution in [0, 0.1) is 0 Å². The number of benzene rings is 3. The SMILES string of the molecule is O=C(Nc1ccc2cccnc2c1)c1ccc(-c2ccccc2)c(CN2CCCCC2)c1. The van der Waals surface area contributed by atoms with E-state index in [9.17, 15) is 4.79 Å². The number of fused-ring (bicyclic) bond motifs is 1. The quantitative estimate of drug-likeness (QED) is 0.421. The zero-order chi connectivity index (χ0) is 21.8. The van der Waals surface area contributed by atoms with Crippen LogP contribution in [0.5, 0.6) is 0 Å². The average molecular weight is 422 g/mol. The van der Waals surface area contributed by atoms with Crippen LogP contribution in [-0.2, 0) is 6.54 Å². The Kier molecular flexibility index (Phi) is 5.95. The van der Waals surface area contributed by atoms with Gasteiger partial charge in [-0.1, -0.05) is 55.0 Å². The predicted molar refractivity (Wildman–Crippen MR) is 131 cm³/mol. The Morgan fingerprint density at radius 2 is 1.72 bits per heavy atom. The van der Waals surface area contributed by atoms with Crippen LogP contribution >= 0.6 is 0 Å². The van der Waals surface area contributed by atoms with Crippen molar-refractivity contribution in [1.82, 2.24) is 9.88 Å². The van der Waals surface area contributed by atoms with Crippen LogP contribution < -0.4 is 5.32 Å². The number of carbonyl (C=O) groups is 1. The van der Waals surface area contributed by atoms with E-state index in [4.69, 9.17) is 0 Å². The van der Waals surface area contributed by atoms with Crippen LogP contribution in [0.2, 0.25) is 0 Å². The van der Waals surface area contributed by atoms with Crippen molar-refractivity contribution in [2.45, 2.75) is 25.8 Å². The molecule has 2 heterocycles. The van der Waals surface area contributed by atoms with Crippen LogP contribution in [-0.4, -0.2) is 28.9 Å². The van der Waals surface area contributed by atoms with Gasteiger partial charge in [0.25, 0.3) is 5.91 Å². The highest BCUT2D eigenvalue weighted by molar-refractivity contribution is 6.05. The van der Waals surface area contributed by atoms with Gasteiger partial charge in [-0.15, -0.1) is 0 Å². The van der Waals surface area contributed by atoms with Crippen LogP contribution in [0.15, 0.2) is 85.1 Å². The fourth-order valence-electron chi connectivity index (χ4n) is 4.47. The van der Waals surface area contributed by atoms with Crippen molar-refractivity contribution in [2.75, 3.05) is 18.4 Å². The van der Waals surface area contributed by atoms with Gasteiger partial charge in [0.15, 0.2) is 0 Å². The van der Waals surface area contributed by atoms with E-state index in [1.807, 2.05) is 42.5 Å². The molecule has 4 heteroatoms. The summed E-state index contributed by atoms with van der Waals surface area (Å²) in [6.45, 7) is 3.11. The molecule has 1 fully saturated rings. The molecule has 0 bridgehead atoms. The lowest BCUT2D eigenvalue weighted by atomic mass is 9.96. The Morgan fingerprint density at radius 1 is 0.875 bits per heavy atom. The zero-order valence-electron chi connectivity index (χ0n) is 18.1. The fourth-order valence-corrected chi connectivity index (χ4v) is 4.47. The lowest BCUT2D eigenvalue weighted by Crippen LogP contribution is -2.29. The standard InChI is InChI=1S/C28H27N3O/c32-28(30-25-13-11-22-10-7-15-29-27(22)19-25)23-12-14-26(21-8-3-1-4-9-21)24(18-23)20-31-16-5-2-6-17-31/h1,3-4,7-15,18-19H,2,5-6,16-17,20H2,(H,30,32). The Morgan fingerprint density at radius 3 is 2.56 bits per heavy atom. The molecular formula is C28H27N3O. The molecule has 1 aromatic heterocycles. The number of carbonyl (C=O) groups excluding carboxylic acids is 1. The molecule has 160 valence electrons. The van der Waals surface area contributed by atoms with Gasteiger partial charge in [0.1, 0.15) is 0 Å². The monoisotopic (exact) mass is 421 g/mol. The molecule has 1 aliphatic rings. The van der Waals surface area contributed by atoms with E-state index in [-0.39, 0.29) is 5.91 Å². The first kappa shape index (κ1) is 20.4. The van der Waals surface area contributed by atoms with Crippen LogP contribution in [0.3, 0.4) is 0 Å². The molecule has 0 aliphatic carbocycles. The van der Waals surface area contributed by atoms with E-state index < -0.39 is 0 Å². The molecular weight excluding hydrogens is 394 g/mol. The number of nitrogens with one attached hydrogen (secondary N) is 1. The molecule has 32 heavy (non-hydrogen) atoms. The van der Waals surface area contributed by atoms with Gasteiger partial charge in [-0.2, -0.15) is 0 Å². The molecule has 1 N–H and O–H groups in total. The molecule has 4 nitrogen and oxygen atoms in total. The van der Waals surface area contributed by atoms with Gasteiger partial charge >= 0.3 is 0 Å². The van der Waals surface area contributed by atoms with E-state index in [0.29, 0.717) is 5.56 Å². The smallest absolute Gasteiger partial charge is 0.255 e. The number of nitrogens with zero attached hydrogens (tertiary/aromatic N) is 2. The first-order valence-corrected chi connectivity index (χ1v) is 11.3. The Labute approximate surface area is 188 Å². The van der Waals surface area contributed by atoms with E-state index in [1.165, 1.54) is 36.0 Å². The van der Waals surface area contributed by atoms with Gasteiger partial charge in [-0.25, -0.2) is 0 Å². The van der Waals surface area contributed by atoms with Crippen molar-refractivity contribution in [2.24, 2.45) is 0 Å². The van der Waals surface area contributed by atoms with Crippen molar-refractivity contribution in [3.63, 3.8) is 0 Å². The number of piperidine rings is 1. The Hall–Kier alpha value is -3.50. The van der Waals surface area contributed by atoms with E-state index in [1.54, 1.807) is 6.20 Å². The van der Waals surface area contributed by atoms with Crippen LogP contribution in [0.1, 0.15) is 35.2 Å². The number of aromatic nitrogens is 1. The number of amides is 1. The van der Waals surface area contributed by atoms with Crippen molar-refractivity contribution < 1.29 is 4.79 Å². The molecule has 3 aromatic carbocycles. The normalized spacial score (nSPS) is 14.4. The average Bonchev–Trinajstić information content (AvgIpc) is 2.85. The molecule has 1 amide bonds. The molecule has 0 spiro atoms. The minimum Gasteiger partial charge on any atom is -0.322 e. The zero-order valence-corrected chi connectivity index (χ0v) is 18.1. The molecule has 1 aliphatic heterocycles. The highest BCUT2D eigenvalue weighted by Gasteiger charge is 2.16. The van der Waals surface area contributed by atoms with E-state index >= 15 is 0 Å². The van der Waals surface area contributed by atoms with Crippen LogP contribution in [0.25, 0.3) is 22.0 Å². The highest BCUT2D eigenvalue weighted by atomic mass is 16.1. The summed E-state index contributed by atoms with van der Waals surface area (Å²) < 4.78 is 0.